The zero-order valence-electron chi connectivity index (χ0n) is 10.8. The molecule has 3 heteroatoms. The largest absolute Gasteiger partial charge is 0.480 e. The minimum absolute atomic E-state index is 0.0621. The summed E-state index contributed by atoms with van der Waals surface area (Å²) >= 11 is 0. The molecule has 0 aliphatic heterocycles. The van der Waals surface area contributed by atoms with E-state index in [1.807, 2.05) is 61.5 Å². The first kappa shape index (κ1) is 13.3. The molecule has 0 aliphatic rings. The maximum atomic E-state index is 10.8. The van der Waals surface area contributed by atoms with E-state index in [-0.39, 0.29) is 12.6 Å². The van der Waals surface area contributed by atoms with Crippen LogP contribution in [0.3, 0.4) is 0 Å². The van der Waals surface area contributed by atoms with Gasteiger partial charge in [-0.05, 0) is 18.1 Å². The highest BCUT2D eigenvalue weighted by Gasteiger charge is 2.14. The van der Waals surface area contributed by atoms with Gasteiger partial charge in [0.05, 0.1) is 12.6 Å². The van der Waals surface area contributed by atoms with Gasteiger partial charge in [0.2, 0.25) is 0 Å². The van der Waals surface area contributed by atoms with Crippen LogP contribution in [0, 0.1) is 6.92 Å². The van der Waals surface area contributed by atoms with E-state index in [1.54, 1.807) is 0 Å². The van der Waals surface area contributed by atoms with Crippen LogP contribution >= 0.6 is 0 Å². The zero-order chi connectivity index (χ0) is 13.7. The van der Waals surface area contributed by atoms with Gasteiger partial charge >= 0.3 is 5.97 Å². The first-order valence-electron chi connectivity index (χ1n) is 6.23. The number of hydrogen-bond donors (Lipinski definition) is 2. The third-order valence-electron chi connectivity index (χ3n) is 3.00. The Morgan fingerprint density at radius 3 is 2.21 bits per heavy atom. The van der Waals surface area contributed by atoms with Gasteiger partial charge in [0, 0.05) is 0 Å². The van der Waals surface area contributed by atoms with Crippen LogP contribution in [0.15, 0.2) is 54.6 Å². The standard InChI is InChI=1S/C16H17NO2/c1-12-7-9-14(10-8-12)16(17-11-15(18)19)13-5-3-2-4-6-13/h2-10,16-17H,11H2,1H3,(H,18,19). The summed E-state index contributed by atoms with van der Waals surface area (Å²) in [6, 6.07) is 17.9. The number of rotatable bonds is 5. The number of carboxylic acid groups (broad SMARTS) is 1. The van der Waals surface area contributed by atoms with E-state index in [2.05, 4.69) is 5.32 Å². The molecular formula is C16H17NO2. The van der Waals surface area contributed by atoms with Gasteiger partial charge in [-0.15, -0.1) is 0 Å². The second kappa shape index (κ2) is 6.16. The number of benzene rings is 2. The molecule has 3 nitrogen and oxygen atoms in total. The molecule has 0 heterocycles. The number of hydrogen-bond acceptors (Lipinski definition) is 2. The number of aliphatic carboxylic acids is 1. The minimum atomic E-state index is -0.854. The minimum Gasteiger partial charge on any atom is -0.480 e. The molecule has 2 aromatic carbocycles. The lowest BCUT2D eigenvalue weighted by Crippen LogP contribution is -2.28. The van der Waals surface area contributed by atoms with Crippen LogP contribution in [0.25, 0.3) is 0 Å². The average molecular weight is 255 g/mol. The highest BCUT2D eigenvalue weighted by Crippen LogP contribution is 2.22. The molecule has 2 N–H and O–H groups in total. The molecule has 2 aromatic rings. The van der Waals surface area contributed by atoms with E-state index in [9.17, 15) is 4.79 Å². The molecule has 1 atom stereocenters. The molecule has 98 valence electrons. The van der Waals surface area contributed by atoms with Crippen molar-refractivity contribution in [3.05, 3.63) is 71.3 Å². The number of nitrogens with one attached hydrogen (secondary N) is 1. The summed E-state index contributed by atoms with van der Waals surface area (Å²) in [5.74, 6) is -0.854. The maximum Gasteiger partial charge on any atom is 0.317 e. The molecule has 0 saturated carbocycles. The Hall–Kier alpha value is -2.13. The average Bonchev–Trinajstić information content (AvgIpc) is 2.42. The lowest BCUT2D eigenvalue weighted by Gasteiger charge is -2.19. The molecule has 0 spiro atoms. The van der Waals surface area contributed by atoms with Crippen molar-refractivity contribution in [2.45, 2.75) is 13.0 Å². The van der Waals surface area contributed by atoms with Crippen molar-refractivity contribution in [2.75, 3.05) is 6.54 Å². The second-order valence-electron chi connectivity index (χ2n) is 4.53. The van der Waals surface area contributed by atoms with Crippen molar-refractivity contribution in [2.24, 2.45) is 0 Å². The van der Waals surface area contributed by atoms with Gasteiger partial charge in [0.15, 0.2) is 0 Å². The Kier molecular flexibility index (Phi) is 4.31. The Morgan fingerprint density at radius 1 is 1.05 bits per heavy atom. The van der Waals surface area contributed by atoms with Crippen molar-refractivity contribution in [1.29, 1.82) is 0 Å². The molecule has 19 heavy (non-hydrogen) atoms. The van der Waals surface area contributed by atoms with Crippen LogP contribution in [0.4, 0.5) is 0 Å². The molecule has 0 amide bonds. The Labute approximate surface area is 112 Å². The summed E-state index contributed by atoms with van der Waals surface area (Å²) in [6.45, 7) is 1.97. The highest BCUT2D eigenvalue weighted by atomic mass is 16.4. The molecule has 1 unspecified atom stereocenters. The number of carbonyl (C=O) groups is 1. The van der Waals surface area contributed by atoms with E-state index in [4.69, 9.17) is 5.11 Å². The predicted octanol–water partition coefficient (Wildman–Crippen LogP) is 2.76. The first-order valence-corrected chi connectivity index (χ1v) is 6.23. The van der Waals surface area contributed by atoms with Crippen LogP contribution < -0.4 is 5.32 Å². The van der Waals surface area contributed by atoms with Crippen molar-refractivity contribution >= 4 is 5.97 Å². The second-order valence-corrected chi connectivity index (χ2v) is 4.53. The predicted molar refractivity (Wildman–Crippen MR) is 75.1 cm³/mol. The van der Waals surface area contributed by atoms with Crippen molar-refractivity contribution in [3.63, 3.8) is 0 Å². The summed E-state index contributed by atoms with van der Waals surface area (Å²) in [5, 5.41) is 11.9. The molecular weight excluding hydrogens is 238 g/mol. The molecule has 0 fully saturated rings. The maximum absolute atomic E-state index is 10.8. The Morgan fingerprint density at radius 2 is 1.63 bits per heavy atom. The van der Waals surface area contributed by atoms with Crippen molar-refractivity contribution in [3.8, 4) is 0 Å². The Bertz CT molecular complexity index is 534. The van der Waals surface area contributed by atoms with Gasteiger partial charge < -0.3 is 5.11 Å². The summed E-state index contributed by atoms with van der Waals surface area (Å²) < 4.78 is 0. The fourth-order valence-electron chi connectivity index (χ4n) is 2.02. The first-order chi connectivity index (χ1) is 9.16. The SMILES string of the molecule is Cc1ccc(C(NCC(=O)O)c2ccccc2)cc1. The fraction of sp³-hybridized carbons (Fsp3) is 0.188. The third kappa shape index (κ3) is 3.66. The van der Waals surface area contributed by atoms with Crippen LogP contribution in [-0.2, 0) is 4.79 Å². The van der Waals surface area contributed by atoms with E-state index >= 15 is 0 Å². The van der Waals surface area contributed by atoms with Gasteiger partial charge in [-0.2, -0.15) is 0 Å². The Balaban J connectivity index is 2.28. The lowest BCUT2D eigenvalue weighted by molar-refractivity contribution is -0.136. The van der Waals surface area contributed by atoms with Crippen LogP contribution in [0.1, 0.15) is 22.7 Å². The van der Waals surface area contributed by atoms with Gasteiger partial charge in [0.25, 0.3) is 0 Å². The molecule has 0 saturated heterocycles. The van der Waals surface area contributed by atoms with Crippen LogP contribution in [0.2, 0.25) is 0 Å². The quantitative estimate of drug-likeness (QED) is 0.863. The van der Waals surface area contributed by atoms with Gasteiger partial charge in [-0.25, -0.2) is 0 Å². The summed E-state index contributed by atoms with van der Waals surface area (Å²) in [7, 11) is 0. The van der Waals surface area contributed by atoms with Crippen molar-refractivity contribution in [1.82, 2.24) is 5.32 Å². The van der Waals surface area contributed by atoms with E-state index in [1.165, 1.54) is 5.56 Å². The molecule has 0 bridgehead atoms. The van der Waals surface area contributed by atoms with E-state index in [0.29, 0.717) is 0 Å². The smallest absolute Gasteiger partial charge is 0.317 e. The van der Waals surface area contributed by atoms with Crippen LogP contribution in [-0.4, -0.2) is 17.6 Å². The fourth-order valence-corrected chi connectivity index (χ4v) is 2.02. The molecule has 0 radical (unpaired) electrons. The number of carboxylic acids is 1. The highest BCUT2D eigenvalue weighted by molar-refractivity contribution is 5.69. The van der Waals surface area contributed by atoms with Gasteiger partial charge in [0.1, 0.15) is 0 Å². The number of aryl methyl sites for hydroxylation is 1. The summed E-state index contributed by atoms with van der Waals surface area (Å²) in [5.41, 5.74) is 3.32. The monoisotopic (exact) mass is 255 g/mol. The van der Waals surface area contributed by atoms with Crippen LogP contribution in [0.5, 0.6) is 0 Å². The molecule has 0 aliphatic carbocycles. The topological polar surface area (TPSA) is 49.3 Å². The molecule has 2 rings (SSSR count). The molecule has 0 aromatic heterocycles. The summed E-state index contributed by atoms with van der Waals surface area (Å²) in [6.07, 6.45) is 0. The van der Waals surface area contributed by atoms with Gasteiger partial charge in [-0.3, -0.25) is 10.1 Å². The van der Waals surface area contributed by atoms with Crippen molar-refractivity contribution < 1.29 is 9.90 Å². The van der Waals surface area contributed by atoms with E-state index < -0.39 is 5.97 Å². The third-order valence-corrected chi connectivity index (χ3v) is 3.00. The normalized spacial score (nSPS) is 12.1. The zero-order valence-corrected chi connectivity index (χ0v) is 10.8. The lowest BCUT2D eigenvalue weighted by atomic mass is 9.98. The van der Waals surface area contributed by atoms with Gasteiger partial charge in [-0.1, -0.05) is 60.2 Å². The van der Waals surface area contributed by atoms with E-state index in [0.717, 1.165) is 11.1 Å². The summed E-state index contributed by atoms with van der Waals surface area (Å²) in [4.78, 5) is 10.8.